The number of hydrogen-bond donors (Lipinski definition) is 2. The highest BCUT2D eigenvalue weighted by molar-refractivity contribution is 6.03. The molecule has 1 aliphatic heterocycles. The molecule has 1 amide bonds. The van der Waals surface area contributed by atoms with Crippen LogP contribution in [0.5, 0.6) is 11.5 Å². The van der Waals surface area contributed by atoms with Gasteiger partial charge in [0, 0.05) is 11.6 Å². The number of rotatable bonds is 4. The average molecular weight is 351 g/mol. The Bertz CT molecular complexity index is 905. The van der Waals surface area contributed by atoms with Gasteiger partial charge in [0.05, 0.1) is 12.0 Å². The highest BCUT2D eigenvalue weighted by atomic mass is 16.6. The molecule has 0 fully saturated rings. The number of aliphatic hydroxyl groups is 1. The van der Waals surface area contributed by atoms with Crippen LogP contribution in [0.1, 0.15) is 27.8 Å². The van der Waals surface area contributed by atoms with Crippen LogP contribution in [0.25, 0.3) is 0 Å². The first kappa shape index (κ1) is 16.2. The zero-order valence-electron chi connectivity index (χ0n) is 13.8. The van der Waals surface area contributed by atoms with E-state index in [0.29, 0.717) is 41.5 Å². The van der Waals surface area contributed by atoms with Crippen LogP contribution in [-0.4, -0.2) is 24.2 Å². The quantitative estimate of drug-likeness (QED) is 0.753. The standard InChI is InChI=1S/C20H17NO5/c22-19(13-5-2-1-3-6-13)14-11-17-18(26-10-9-25-17)12-15(14)21-20(23)16-7-4-8-24-16/h1-8,11-12,19,22H,9-10H2,(H,21,23). The molecular formula is C20H17NO5. The Morgan fingerprint density at radius 3 is 2.42 bits per heavy atom. The fourth-order valence-corrected chi connectivity index (χ4v) is 2.85. The van der Waals surface area contributed by atoms with E-state index < -0.39 is 12.0 Å². The highest BCUT2D eigenvalue weighted by Crippen LogP contribution is 2.39. The van der Waals surface area contributed by atoms with E-state index in [1.165, 1.54) is 6.26 Å². The van der Waals surface area contributed by atoms with Gasteiger partial charge in [-0.2, -0.15) is 0 Å². The molecule has 0 spiro atoms. The third kappa shape index (κ3) is 3.14. The molecule has 2 N–H and O–H groups in total. The molecule has 3 aromatic rings. The summed E-state index contributed by atoms with van der Waals surface area (Å²) in [5.74, 6) is 0.834. The Hall–Kier alpha value is -3.25. The van der Waals surface area contributed by atoms with E-state index in [9.17, 15) is 9.90 Å². The molecule has 2 heterocycles. The maximum atomic E-state index is 12.4. The largest absolute Gasteiger partial charge is 0.486 e. The molecule has 6 nitrogen and oxygen atoms in total. The first-order valence-electron chi connectivity index (χ1n) is 8.24. The fraction of sp³-hybridized carbons (Fsp3) is 0.150. The van der Waals surface area contributed by atoms with E-state index in [1.807, 2.05) is 30.3 Å². The van der Waals surface area contributed by atoms with Gasteiger partial charge < -0.3 is 24.3 Å². The Balaban J connectivity index is 1.74. The molecule has 0 saturated carbocycles. The van der Waals surface area contributed by atoms with E-state index in [0.717, 1.165) is 0 Å². The SMILES string of the molecule is O=C(Nc1cc2c(cc1C(O)c1ccccc1)OCCO2)c1ccco1. The normalized spacial score (nSPS) is 13.9. The number of hydrogen-bond acceptors (Lipinski definition) is 5. The van der Waals surface area contributed by atoms with Crippen molar-refractivity contribution in [2.45, 2.75) is 6.10 Å². The summed E-state index contributed by atoms with van der Waals surface area (Å²) in [5, 5.41) is 13.6. The van der Waals surface area contributed by atoms with Gasteiger partial charge in [-0.15, -0.1) is 0 Å². The van der Waals surface area contributed by atoms with E-state index in [4.69, 9.17) is 13.9 Å². The highest BCUT2D eigenvalue weighted by Gasteiger charge is 2.23. The number of anilines is 1. The number of fused-ring (bicyclic) bond motifs is 1. The third-order valence-electron chi connectivity index (χ3n) is 4.12. The van der Waals surface area contributed by atoms with Crippen molar-refractivity contribution >= 4 is 11.6 Å². The van der Waals surface area contributed by atoms with Gasteiger partial charge in [0.2, 0.25) is 0 Å². The molecule has 0 bridgehead atoms. The van der Waals surface area contributed by atoms with Crippen molar-refractivity contribution in [1.82, 2.24) is 0 Å². The molecule has 0 aliphatic carbocycles. The predicted molar refractivity (Wildman–Crippen MR) is 94.6 cm³/mol. The van der Waals surface area contributed by atoms with Crippen LogP contribution < -0.4 is 14.8 Å². The second-order valence-corrected chi connectivity index (χ2v) is 5.83. The van der Waals surface area contributed by atoms with Crippen molar-refractivity contribution in [3.8, 4) is 11.5 Å². The molecular weight excluding hydrogens is 334 g/mol. The van der Waals surface area contributed by atoms with Crippen molar-refractivity contribution in [2.24, 2.45) is 0 Å². The lowest BCUT2D eigenvalue weighted by molar-refractivity contribution is 0.0996. The summed E-state index contributed by atoms with van der Waals surface area (Å²) >= 11 is 0. The number of carbonyl (C=O) groups is 1. The van der Waals surface area contributed by atoms with Crippen LogP contribution >= 0.6 is 0 Å². The molecule has 4 rings (SSSR count). The van der Waals surface area contributed by atoms with Gasteiger partial charge in [0.15, 0.2) is 17.3 Å². The van der Waals surface area contributed by atoms with Crippen LogP contribution in [0, 0.1) is 0 Å². The smallest absolute Gasteiger partial charge is 0.291 e. The average Bonchev–Trinajstić information content (AvgIpc) is 3.22. The Labute approximate surface area is 150 Å². The van der Waals surface area contributed by atoms with Gasteiger partial charge in [-0.05, 0) is 23.8 Å². The number of benzene rings is 2. The maximum absolute atomic E-state index is 12.4. The fourth-order valence-electron chi connectivity index (χ4n) is 2.85. The van der Waals surface area contributed by atoms with E-state index in [1.54, 1.807) is 24.3 Å². The summed E-state index contributed by atoms with van der Waals surface area (Å²) in [6.45, 7) is 0.866. The molecule has 0 saturated heterocycles. The lowest BCUT2D eigenvalue weighted by Crippen LogP contribution is -2.18. The van der Waals surface area contributed by atoms with E-state index >= 15 is 0 Å². The summed E-state index contributed by atoms with van der Waals surface area (Å²) in [6, 6.07) is 15.8. The van der Waals surface area contributed by atoms with Gasteiger partial charge in [-0.3, -0.25) is 4.79 Å². The van der Waals surface area contributed by atoms with Crippen molar-refractivity contribution in [2.75, 3.05) is 18.5 Å². The number of carbonyl (C=O) groups excluding carboxylic acids is 1. The summed E-state index contributed by atoms with van der Waals surface area (Å²) in [5.41, 5.74) is 1.66. The van der Waals surface area contributed by atoms with Crippen LogP contribution in [0.4, 0.5) is 5.69 Å². The van der Waals surface area contributed by atoms with Gasteiger partial charge >= 0.3 is 0 Å². The van der Waals surface area contributed by atoms with Gasteiger partial charge in [-0.1, -0.05) is 30.3 Å². The van der Waals surface area contributed by atoms with E-state index in [2.05, 4.69) is 5.32 Å². The summed E-state index contributed by atoms with van der Waals surface area (Å²) in [6.07, 6.45) is 0.497. The monoisotopic (exact) mass is 351 g/mol. The second-order valence-electron chi connectivity index (χ2n) is 5.83. The molecule has 132 valence electrons. The van der Waals surface area contributed by atoms with Gasteiger partial charge in [-0.25, -0.2) is 0 Å². The van der Waals surface area contributed by atoms with Crippen molar-refractivity contribution in [3.63, 3.8) is 0 Å². The molecule has 26 heavy (non-hydrogen) atoms. The second kappa shape index (κ2) is 6.93. The van der Waals surface area contributed by atoms with Crippen molar-refractivity contribution in [1.29, 1.82) is 0 Å². The molecule has 1 atom stereocenters. The van der Waals surface area contributed by atoms with Crippen molar-refractivity contribution < 1.29 is 23.8 Å². The molecule has 6 heteroatoms. The molecule has 1 unspecified atom stereocenters. The lowest BCUT2D eigenvalue weighted by Gasteiger charge is -2.23. The first-order valence-corrected chi connectivity index (χ1v) is 8.24. The predicted octanol–water partition coefficient (Wildman–Crippen LogP) is 3.38. The van der Waals surface area contributed by atoms with Crippen molar-refractivity contribution in [3.05, 3.63) is 77.7 Å². The summed E-state index contributed by atoms with van der Waals surface area (Å²) < 4.78 is 16.3. The number of furan rings is 1. The molecule has 2 aromatic carbocycles. The van der Waals surface area contributed by atoms with Gasteiger partial charge in [0.1, 0.15) is 19.3 Å². The molecule has 1 aromatic heterocycles. The van der Waals surface area contributed by atoms with Crippen LogP contribution in [0.15, 0.2) is 65.3 Å². The number of ether oxygens (including phenoxy) is 2. The summed E-state index contributed by atoms with van der Waals surface area (Å²) in [7, 11) is 0. The zero-order chi connectivity index (χ0) is 17.9. The Morgan fingerprint density at radius 1 is 1.00 bits per heavy atom. The lowest BCUT2D eigenvalue weighted by atomic mass is 9.99. The minimum atomic E-state index is -0.932. The minimum absolute atomic E-state index is 0.181. The number of nitrogens with one attached hydrogen (secondary N) is 1. The number of aliphatic hydroxyl groups excluding tert-OH is 1. The van der Waals surface area contributed by atoms with Gasteiger partial charge in [0.25, 0.3) is 5.91 Å². The van der Waals surface area contributed by atoms with E-state index in [-0.39, 0.29) is 5.76 Å². The Morgan fingerprint density at radius 2 is 1.73 bits per heavy atom. The first-order chi connectivity index (χ1) is 12.7. The molecule has 0 radical (unpaired) electrons. The minimum Gasteiger partial charge on any atom is -0.486 e. The maximum Gasteiger partial charge on any atom is 0.291 e. The number of amides is 1. The van der Waals surface area contributed by atoms with Crippen LogP contribution in [0.2, 0.25) is 0 Å². The van der Waals surface area contributed by atoms with Crippen LogP contribution in [0.3, 0.4) is 0 Å². The zero-order valence-corrected chi connectivity index (χ0v) is 13.8. The molecule has 1 aliphatic rings. The van der Waals surface area contributed by atoms with Crippen LogP contribution in [-0.2, 0) is 0 Å². The summed E-state index contributed by atoms with van der Waals surface area (Å²) in [4.78, 5) is 12.4. The topological polar surface area (TPSA) is 80.9 Å². The third-order valence-corrected chi connectivity index (χ3v) is 4.12. The Kier molecular flexibility index (Phi) is 4.33.